The Bertz CT molecular complexity index is 2180. The lowest BCUT2D eigenvalue weighted by atomic mass is 10.0. The van der Waals surface area contributed by atoms with Crippen LogP contribution in [-0.2, 0) is 9.59 Å². The van der Waals surface area contributed by atoms with E-state index < -0.39 is 17.1 Å². The summed E-state index contributed by atoms with van der Waals surface area (Å²) >= 11 is 13.6. The van der Waals surface area contributed by atoms with Crippen LogP contribution in [0, 0.1) is 0 Å². The van der Waals surface area contributed by atoms with Gasteiger partial charge in [0, 0.05) is 21.8 Å². The van der Waals surface area contributed by atoms with Crippen LogP contribution in [0.1, 0.15) is 26.7 Å². The van der Waals surface area contributed by atoms with Crippen molar-refractivity contribution in [2.24, 2.45) is 0 Å². The number of thioether (sulfide) groups is 1. The molecule has 0 radical (unpaired) electrons. The first-order valence-electron chi connectivity index (χ1n) is 15.9. The highest BCUT2D eigenvalue weighted by molar-refractivity contribution is 8.00. The highest BCUT2D eigenvalue weighted by atomic mass is 35.5. The summed E-state index contributed by atoms with van der Waals surface area (Å²) in [6.45, 7) is 0. The molecule has 0 fully saturated rings. The molecule has 0 spiro atoms. The highest BCUT2D eigenvalue weighted by Gasteiger charge is 2.23. The molecule has 0 aliphatic heterocycles. The van der Waals surface area contributed by atoms with Gasteiger partial charge in [-0.3, -0.25) is 14.4 Å². The average molecular weight is 729 g/mol. The summed E-state index contributed by atoms with van der Waals surface area (Å²) < 4.78 is 0. The van der Waals surface area contributed by atoms with Gasteiger partial charge in [-0.05, 0) is 76.9 Å². The third kappa shape index (κ3) is 9.55. The van der Waals surface area contributed by atoms with E-state index in [0.29, 0.717) is 27.0 Å². The van der Waals surface area contributed by atoms with Gasteiger partial charge in [0.05, 0.1) is 10.0 Å². The van der Waals surface area contributed by atoms with E-state index >= 15 is 0 Å². The molecule has 6 rings (SSSR count). The first-order valence-corrected chi connectivity index (χ1v) is 17.6. The number of nitrogens with one attached hydrogen (secondary N) is 3. The maximum absolute atomic E-state index is 13.8. The third-order valence-electron chi connectivity index (χ3n) is 7.73. The molecule has 6 nitrogen and oxygen atoms in total. The van der Waals surface area contributed by atoms with Crippen molar-refractivity contribution in [2.75, 3.05) is 10.6 Å². The fourth-order valence-electron chi connectivity index (χ4n) is 5.18. The first kappa shape index (κ1) is 35.2. The molecule has 252 valence electrons. The van der Waals surface area contributed by atoms with Crippen LogP contribution in [-0.4, -0.2) is 17.7 Å². The number of carbonyl (C=O) groups is 3. The SMILES string of the molecule is O=C(Nc1cccc(SC(C(=O)Nc2ccc(Cl)c(Cl)c2)c2ccccc2)c1)/C(=C\c1ccc(-c2ccccc2)cc1)NC(=O)c1ccccc1. The van der Waals surface area contributed by atoms with E-state index in [4.69, 9.17) is 23.2 Å². The van der Waals surface area contributed by atoms with Crippen molar-refractivity contribution in [1.82, 2.24) is 5.32 Å². The molecule has 1 unspecified atom stereocenters. The molecule has 0 saturated heterocycles. The van der Waals surface area contributed by atoms with Gasteiger partial charge in [0.25, 0.3) is 11.8 Å². The monoisotopic (exact) mass is 727 g/mol. The molecule has 6 aromatic rings. The minimum atomic E-state index is -0.633. The van der Waals surface area contributed by atoms with Crippen molar-refractivity contribution in [1.29, 1.82) is 0 Å². The zero-order chi connectivity index (χ0) is 35.6. The van der Waals surface area contributed by atoms with Crippen molar-refractivity contribution in [2.45, 2.75) is 10.1 Å². The zero-order valence-corrected chi connectivity index (χ0v) is 29.4. The van der Waals surface area contributed by atoms with E-state index in [0.717, 1.165) is 27.1 Å². The number of anilines is 2. The molecule has 0 aromatic heterocycles. The molecule has 1 atom stereocenters. The van der Waals surface area contributed by atoms with Gasteiger partial charge in [0.15, 0.2) is 0 Å². The Balaban J connectivity index is 1.23. The predicted octanol–water partition coefficient (Wildman–Crippen LogP) is 10.5. The lowest BCUT2D eigenvalue weighted by molar-refractivity contribution is -0.116. The van der Waals surface area contributed by atoms with Crippen molar-refractivity contribution < 1.29 is 14.4 Å². The van der Waals surface area contributed by atoms with E-state index in [1.165, 1.54) is 11.8 Å². The van der Waals surface area contributed by atoms with Gasteiger partial charge in [-0.2, -0.15) is 0 Å². The summed E-state index contributed by atoms with van der Waals surface area (Å²) in [5, 5.41) is 8.75. The fraction of sp³-hybridized carbons (Fsp3) is 0.0238. The second kappa shape index (κ2) is 16.9. The Morgan fingerprint density at radius 3 is 1.90 bits per heavy atom. The van der Waals surface area contributed by atoms with E-state index in [9.17, 15) is 14.4 Å². The fourth-order valence-corrected chi connectivity index (χ4v) is 6.56. The Hall–Kier alpha value is -5.60. The number of rotatable bonds is 11. The maximum atomic E-state index is 13.8. The van der Waals surface area contributed by atoms with Gasteiger partial charge in [-0.1, -0.05) is 132 Å². The smallest absolute Gasteiger partial charge is 0.272 e. The van der Waals surface area contributed by atoms with Crippen LogP contribution in [0.2, 0.25) is 10.0 Å². The molecule has 0 aliphatic rings. The molecular formula is C42H31Cl2N3O3S. The van der Waals surface area contributed by atoms with Crippen LogP contribution in [0.3, 0.4) is 0 Å². The maximum Gasteiger partial charge on any atom is 0.272 e. The van der Waals surface area contributed by atoms with Crippen LogP contribution in [0.15, 0.2) is 168 Å². The van der Waals surface area contributed by atoms with Gasteiger partial charge >= 0.3 is 0 Å². The van der Waals surface area contributed by atoms with Gasteiger partial charge in [-0.25, -0.2) is 0 Å². The first-order chi connectivity index (χ1) is 24.8. The van der Waals surface area contributed by atoms with Gasteiger partial charge in [-0.15, -0.1) is 11.8 Å². The molecule has 3 N–H and O–H groups in total. The average Bonchev–Trinajstić information content (AvgIpc) is 3.16. The number of carbonyl (C=O) groups excluding carboxylic acids is 3. The summed E-state index contributed by atoms with van der Waals surface area (Å²) in [5.74, 6) is -1.18. The molecule has 3 amide bonds. The number of hydrogen-bond acceptors (Lipinski definition) is 4. The summed E-state index contributed by atoms with van der Waals surface area (Å²) in [5.41, 5.74) is 5.11. The largest absolute Gasteiger partial charge is 0.325 e. The number of halogens is 2. The molecule has 51 heavy (non-hydrogen) atoms. The van der Waals surface area contributed by atoms with E-state index in [1.54, 1.807) is 66.7 Å². The minimum Gasteiger partial charge on any atom is -0.325 e. The molecule has 0 saturated carbocycles. The normalized spacial score (nSPS) is 11.7. The molecule has 9 heteroatoms. The summed E-state index contributed by atoms with van der Waals surface area (Å²) in [6, 6.07) is 47.9. The molecular weight excluding hydrogens is 697 g/mol. The second-order valence-corrected chi connectivity index (χ2v) is 13.4. The summed E-state index contributed by atoms with van der Waals surface area (Å²) in [6.07, 6.45) is 1.64. The molecule has 6 aromatic carbocycles. The molecule has 0 heterocycles. The van der Waals surface area contributed by atoms with Gasteiger partial charge in [0.2, 0.25) is 5.91 Å². The van der Waals surface area contributed by atoms with Gasteiger partial charge < -0.3 is 16.0 Å². The lowest BCUT2D eigenvalue weighted by Gasteiger charge is -2.18. The van der Waals surface area contributed by atoms with Crippen LogP contribution in [0.5, 0.6) is 0 Å². The highest BCUT2D eigenvalue weighted by Crippen LogP contribution is 2.37. The Morgan fingerprint density at radius 2 is 1.22 bits per heavy atom. The predicted molar refractivity (Wildman–Crippen MR) is 209 cm³/mol. The van der Waals surface area contributed by atoms with Crippen LogP contribution < -0.4 is 16.0 Å². The number of hydrogen-bond donors (Lipinski definition) is 3. The van der Waals surface area contributed by atoms with Crippen molar-refractivity contribution in [3.8, 4) is 11.1 Å². The minimum absolute atomic E-state index is 0.0672. The van der Waals surface area contributed by atoms with E-state index in [2.05, 4.69) is 16.0 Å². The standard InChI is InChI=1S/C42H31Cl2N3O3S/c43-36-24-23-34(27-37(36)44)46-42(50)39(31-13-6-2-7-14-31)51-35-18-10-17-33(26-35)45-41(49)38(47-40(48)32-15-8-3-9-16-32)25-28-19-21-30(22-20-28)29-11-4-1-5-12-29/h1-27,39H,(H,45,49)(H,46,50)(H,47,48)/b38-25+. The molecule has 0 bridgehead atoms. The summed E-state index contributed by atoms with van der Waals surface area (Å²) in [4.78, 5) is 41.4. The third-order valence-corrected chi connectivity index (χ3v) is 9.72. The quantitative estimate of drug-likeness (QED) is 0.0916. The van der Waals surface area contributed by atoms with Gasteiger partial charge in [0.1, 0.15) is 10.9 Å². The molecule has 0 aliphatic carbocycles. The zero-order valence-electron chi connectivity index (χ0n) is 27.1. The summed E-state index contributed by atoms with van der Waals surface area (Å²) in [7, 11) is 0. The Morgan fingerprint density at radius 1 is 0.588 bits per heavy atom. The van der Waals surface area contributed by atoms with Crippen LogP contribution >= 0.6 is 35.0 Å². The second-order valence-electron chi connectivity index (χ2n) is 11.4. The Kier molecular flexibility index (Phi) is 11.7. The van der Waals surface area contributed by atoms with Crippen molar-refractivity contribution >= 4 is 70.1 Å². The van der Waals surface area contributed by atoms with E-state index in [-0.39, 0.29) is 11.6 Å². The lowest BCUT2D eigenvalue weighted by Crippen LogP contribution is -2.30. The van der Waals surface area contributed by atoms with Crippen molar-refractivity contribution in [3.05, 3.63) is 190 Å². The van der Waals surface area contributed by atoms with E-state index in [1.807, 2.05) is 97.1 Å². The number of amides is 3. The van der Waals surface area contributed by atoms with Crippen LogP contribution in [0.25, 0.3) is 17.2 Å². The number of benzene rings is 6. The van der Waals surface area contributed by atoms with Crippen LogP contribution in [0.4, 0.5) is 11.4 Å². The Labute approximate surface area is 310 Å². The van der Waals surface area contributed by atoms with Crippen molar-refractivity contribution in [3.63, 3.8) is 0 Å². The topological polar surface area (TPSA) is 87.3 Å².